The SMILES string of the molecule is CN(C)S(=O)(=O)N1CCN(S(=O)(=O)c2ccc(-c3ccc(F)cc3)s2)C(C(=O)NOC2CCCCO2)C1. The van der Waals surface area contributed by atoms with E-state index in [1.165, 1.54) is 32.3 Å². The molecule has 0 radical (unpaired) electrons. The lowest BCUT2D eigenvalue weighted by molar-refractivity contribution is -0.202. The number of rotatable bonds is 8. The number of thiophene rings is 1. The van der Waals surface area contributed by atoms with Crippen LogP contribution in [0.15, 0.2) is 40.6 Å². The molecule has 2 aliphatic rings. The van der Waals surface area contributed by atoms with Crippen molar-refractivity contribution >= 4 is 37.5 Å². The van der Waals surface area contributed by atoms with Crippen LogP contribution in [-0.2, 0) is 34.6 Å². The molecule has 0 bridgehead atoms. The summed E-state index contributed by atoms with van der Waals surface area (Å²) in [5, 5.41) is 0. The van der Waals surface area contributed by atoms with Crippen LogP contribution in [0.2, 0.25) is 0 Å². The predicted octanol–water partition coefficient (Wildman–Crippen LogP) is 1.61. The van der Waals surface area contributed by atoms with Crippen molar-refractivity contribution in [2.75, 3.05) is 40.3 Å². The molecular formula is C22H29FN4O7S3. The first-order valence-electron chi connectivity index (χ1n) is 11.6. The summed E-state index contributed by atoms with van der Waals surface area (Å²) in [6.07, 6.45) is 1.63. The molecule has 3 heterocycles. The number of nitrogens with zero attached hydrogens (tertiary/aromatic N) is 3. The first-order valence-corrected chi connectivity index (χ1v) is 15.3. The minimum atomic E-state index is -4.19. The Bertz CT molecular complexity index is 1310. The highest BCUT2D eigenvalue weighted by Crippen LogP contribution is 2.34. The van der Waals surface area contributed by atoms with Crippen molar-refractivity contribution in [2.24, 2.45) is 0 Å². The van der Waals surface area contributed by atoms with Crippen molar-refractivity contribution in [3.63, 3.8) is 0 Å². The Balaban J connectivity index is 1.59. The van der Waals surface area contributed by atoms with Gasteiger partial charge >= 0.3 is 0 Å². The summed E-state index contributed by atoms with van der Waals surface area (Å²) in [7, 11) is -5.37. The van der Waals surface area contributed by atoms with E-state index < -0.39 is 50.8 Å². The van der Waals surface area contributed by atoms with Crippen LogP contribution in [0.25, 0.3) is 10.4 Å². The molecule has 2 aromatic rings. The summed E-state index contributed by atoms with van der Waals surface area (Å²) < 4.78 is 74.6. The molecule has 2 saturated heterocycles. The molecule has 0 saturated carbocycles. The number of piperazine rings is 1. The van der Waals surface area contributed by atoms with E-state index in [2.05, 4.69) is 5.48 Å². The van der Waals surface area contributed by atoms with Gasteiger partial charge in [-0.2, -0.15) is 21.3 Å². The molecule has 1 N–H and O–H groups in total. The van der Waals surface area contributed by atoms with Gasteiger partial charge in [0.15, 0.2) is 6.29 Å². The first-order chi connectivity index (χ1) is 17.5. The summed E-state index contributed by atoms with van der Waals surface area (Å²) in [6.45, 7) is -0.283. The molecule has 4 rings (SSSR count). The van der Waals surface area contributed by atoms with E-state index in [0.717, 1.165) is 37.1 Å². The monoisotopic (exact) mass is 576 g/mol. The molecule has 2 unspecified atom stereocenters. The highest BCUT2D eigenvalue weighted by atomic mass is 32.2. The van der Waals surface area contributed by atoms with Gasteiger partial charge in [0, 0.05) is 51.6 Å². The second-order valence-electron chi connectivity index (χ2n) is 8.79. The Hall–Kier alpha value is -1.98. The minimum absolute atomic E-state index is 0.0231. The number of halogens is 1. The summed E-state index contributed by atoms with van der Waals surface area (Å²) in [6, 6.07) is 7.30. The van der Waals surface area contributed by atoms with E-state index >= 15 is 0 Å². The molecular weight excluding hydrogens is 547 g/mol. The third kappa shape index (κ3) is 6.20. The molecule has 2 aliphatic heterocycles. The standard InChI is InChI=1S/C22H29FN4O7S3/c1-25(2)37(31,32)26-12-13-27(18(15-26)22(28)24-34-20-5-3-4-14-33-20)36(29,30)21-11-10-19(35-21)16-6-8-17(23)9-7-16/h6-11,18,20H,3-5,12-15H2,1-2H3,(H,24,28). The van der Waals surface area contributed by atoms with Crippen LogP contribution in [-0.4, -0.2) is 88.3 Å². The van der Waals surface area contributed by atoms with Gasteiger partial charge in [0.25, 0.3) is 26.1 Å². The van der Waals surface area contributed by atoms with Gasteiger partial charge in [0.2, 0.25) is 0 Å². The number of benzene rings is 1. The van der Waals surface area contributed by atoms with E-state index in [4.69, 9.17) is 9.57 Å². The smallest absolute Gasteiger partial charge is 0.281 e. The Morgan fingerprint density at radius 1 is 1.11 bits per heavy atom. The molecule has 2 fully saturated rings. The minimum Gasteiger partial charge on any atom is -0.350 e. The van der Waals surface area contributed by atoms with Crippen molar-refractivity contribution in [1.29, 1.82) is 0 Å². The fourth-order valence-corrected chi connectivity index (χ4v) is 8.14. The van der Waals surface area contributed by atoms with E-state index in [1.807, 2.05) is 0 Å². The number of hydrogen-bond acceptors (Lipinski definition) is 8. The number of carbonyl (C=O) groups excluding carboxylic acids is 1. The maximum absolute atomic E-state index is 13.6. The van der Waals surface area contributed by atoms with Gasteiger partial charge in [-0.05, 0) is 42.7 Å². The van der Waals surface area contributed by atoms with E-state index in [-0.39, 0.29) is 17.3 Å². The second-order valence-corrected chi connectivity index (χ2v) is 14.1. The van der Waals surface area contributed by atoms with E-state index in [9.17, 15) is 26.0 Å². The van der Waals surface area contributed by atoms with Gasteiger partial charge in [-0.15, -0.1) is 11.3 Å². The van der Waals surface area contributed by atoms with E-state index in [1.54, 1.807) is 18.2 Å². The van der Waals surface area contributed by atoms with Crippen molar-refractivity contribution in [2.45, 2.75) is 35.8 Å². The topological polar surface area (TPSA) is 126 Å². The van der Waals surface area contributed by atoms with E-state index in [0.29, 0.717) is 23.5 Å². The molecule has 0 spiro atoms. The van der Waals surface area contributed by atoms with Crippen LogP contribution in [0.1, 0.15) is 19.3 Å². The molecule has 1 amide bonds. The number of hydroxylamine groups is 1. The van der Waals surface area contributed by atoms with Gasteiger partial charge in [0.1, 0.15) is 16.1 Å². The zero-order valence-electron chi connectivity index (χ0n) is 20.4. The van der Waals surface area contributed by atoms with Crippen molar-refractivity contribution < 1.29 is 35.6 Å². The van der Waals surface area contributed by atoms with Crippen molar-refractivity contribution in [1.82, 2.24) is 18.4 Å². The molecule has 2 atom stereocenters. The zero-order valence-corrected chi connectivity index (χ0v) is 22.8. The summed E-state index contributed by atoms with van der Waals surface area (Å²) >= 11 is 0.978. The number of hydrogen-bond donors (Lipinski definition) is 1. The first kappa shape index (κ1) is 28.0. The largest absolute Gasteiger partial charge is 0.350 e. The molecule has 11 nitrogen and oxygen atoms in total. The fraction of sp³-hybridized carbons (Fsp3) is 0.500. The van der Waals surface area contributed by atoms with Crippen LogP contribution in [0.5, 0.6) is 0 Å². The van der Waals surface area contributed by atoms with Crippen LogP contribution < -0.4 is 5.48 Å². The molecule has 1 aromatic heterocycles. The summed E-state index contributed by atoms with van der Waals surface area (Å²) in [4.78, 5) is 19.1. The highest BCUT2D eigenvalue weighted by molar-refractivity contribution is 7.91. The Kier molecular flexibility index (Phi) is 8.65. The van der Waals surface area contributed by atoms with Crippen LogP contribution >= 0.6 is 11.3 Å². The summed E-state index contributed by atoms with van der Waals surface area (Å²) in [5.41, 5.74) is 2.92. The predicted molar refractivity (Wildman–Crippen MR) is 134 cm³/mol. The third-order valence-electron chi connectivity index (χ3n) is 6.09. The second kappa shape index (κ2) is 11.4. The average molecular weight is 577 g/mol. The Morgan fingerprint density at radius 3 is 2.49 bits per heavy atom. The number of ether oxygens (including phenoxy) is 1. The maximum Gasteiger partial charge on any atom is 0.281 e. The lowest BCUT2D eigenvalue weighted by atomic mass is 10.2. The number of sulfonamides is 1. The van der Waals surface area contributed by atoms with Crippen molar-refractivity contribution in [3.8, 4) is 10.4 Å². The average Bonchev–Trinajstić information content (AvgIpc) is 3.39. The lowest BCUT2D eigenvalue weighted by Gasteiger charge is -2.39. The Labute approximate surface area is 219 Å². The quantitative estimate of drug-likeness (QED) is 0.474. The molecule has 37 heavy (non-hydrogen) atoms. The normalized spacial score (nSPS) is 22.3. The van der Waals surface area contributed by atoms with Crippen LogP contribution in [0, 0.1) is 5.82 Å². The number of amides is 1. The van der Waals surface area contributed by atoms with Gasteiger partial charge < -0.3 is 4.74 Å². The fourth-order valence-electron chi connectivity index (χ4n) is 4.02. The lowest BCUT2D eigenvalue weighted by Crippen LogP contribution is -2.62. The number of nitrogens with one attached hydrogen (secondary N) is 1. The number of carbonyl (C=O) groups is 1. The van der Waals surface area contributed by atoms with Gasteiger partial charge in [-0.3, -0.25) is 4.79 Å². The zero-order chi connectivity index (χ0) is 26.8. The molecule has 1 aromatic carbocycles. The van der Waals surface area contributed by atoms with Crippen LogP contribution in [0.4, 0.5) is 4.39 Å². The molecule has 204 valence electrons. The van der Waals surface area contributed by atoms with Gasteiger partial charge in [0.05, 0.1) is 0 Å². The molecule has 15 heteroatoms. The third-order valence-corrected chi connectivity index (χ3v) is 11.5. The van der Waals surface area contributed by atoms with Gasteiger partial charge in [-0.1, -0.05) is 12.1 Å². The summed E-state index contributed by atoms with van der Waals surface area (Å²) in [5.74, 6) is -1.21. The maximum atomic E-state index is 13.6. The molecule has 0 aliphatic carbocycles. The van der Waals surface area contributed by atoms with Crippen molar-refractivity contribution in [3.05, 3.63) is 42.2 Å². The van der Waals surface area contributed by atoms with Crippen LogP contribution in [0.3, 0.4) is 0 Å². The highest BCUT2D eigenvalue weighted by Gasteiger charge is 2.44. The Morgan fingerprint density at radius 2 is 1.84 bits per heavy atom. The van der Waals surface area contributed by atoms with Gasteiger partial charge in [-0.25, -0.2) is 23.1 Å².